The molecule has 5 aliphatic rings. The van der Waals surface area contributed by atoms with E-state index in [0.717, 1.165) is 30.6 Å². The second kappa shape index (κ2) is 8.15. The van der Waals surface area contributed by atoms with E-state index >= 15 is 0 Å². The Morgan fingerprint density at radius 2 is 1.10 bits per heavy atom. The molecule has 2 aromatic rings. The van der Waals surface area contributed by atoms with Crippen LogP contribution >= 0.6 is 0 Å². The minimum atomic E-state index is -1.31. The number of rotatable bonds is 4. The lowest BCUT2D eigenvalue weighted by atomic mass is 9.91. The average molecular weight is 525 g/mol. The van der Waals surface area contributed by atoms with E-state index in [1.54, 1.807) is 9.80 Å². The van der Waals surface area contributed by atoms with Gasteiger partial charge in [0.15, 0.2) is 0 Å². The van der Waals surface area contributed by atoms with Crippen LogP contribution in [0.2, 0.25) is 0 Å². The Bertz CT molecular complexity index is 1360. The van der Waals surface area contributed by atoms with Crippen LogP contribution in [0.15, 0.2) is 72.8 Å². The first-order chi connectivity index (χ1) is 18.7. The predicted molar refractivity (Wildman–Crippen MR) is 141 cm³/mol. The van der Waals surface area contributed by atoms with Crippen LogP contribution in [-0.4, -0.2) is 36.8 Å². The number of ether oxygens (including phenoxy) is 2. The molecule has 4 aliphatic heterocycles. The molecule has 2 spiro atoms. The molecule has 2 amide bonds. The third kappa shape index (κ3) is 3.23. The lowest BCUT2D eigenvalue weighted by molar-refractivity contribution is -0.156. The normalized spacial score (nSPS) is 31.1. The summed E-state index contributed by atoms with van der Waals surface area (Å²) in [6.45, 7) is 8.63. The van der Waals surface area contributed by atoms with Crippen LogP contribution in [0.25, 0.3) is 0 Å². The summed E-state index contributed by atoms with van der Waals surface area (Å²) in [5.41, 5.74) is 0.987. The largest absolute Gasteiger partial charge is 0.440 e. The average Bonchev–Trinajstić information content (AvgIpc) is 3.68. The molecule has 4 atom stereocenters. The van der Waals surface area contributed by atoms with Gasteiger partial charge in [-0.15, -0.1) is 0 Å². The number of benzene rings is 2. The van der Waals surface area contributed by atoms with Gasteiger partial charge in [0.05, 0.1) is 11.4 Å². The van der Waals surface area contributed by atoms with Crippen molar-refractivity contribution < 1.29 is 28.7 Å². The van der Waals surface area contributed by atoms with Gasteiger partial charge >= 0.3 is 11.9 Å². The van der Waals surface area contributed by atoms with Crippen LogP contribution in [0.1, 0.15) is 43.2 Å². The molecule has 0 aromatic heterocycles. The maximum absolute atomic E-state index is 13.7. The Morgan fingerprint density at radius 3 is 1.49 bits per heavy atom. The van der Waals surface area contributed by atoms with Crippen molar-refractivity contribution in [3.8, 4) is 0 Å². The Kier molecular flexibility index (Phi) is 4.99. The fraction of sp³-hybridized carbons (Fsp3) is 0.355. The summed E-state index contributed by atoms with van der Waals surface area (Å²) in [5, 5.41) is 0. The van der Waals surface area contributed by atoms with Crippen molar-refractivity contribution in [2.24, 2.45) is 11.8 Å². The van der Waals surface area contributed by atoms with Gasteiger partial charge in [-0.25, -0.2) is 9.59 Å². The van der Waals surface area contributed by atoms with Crippen LogP contribution in [0.4, 0.5) is 11.4 Å². The topological polar surface area (TPSA) is 93.2 Å². The van der Waals surface area contributed by atoms with Gasteiger partial charge in [0, 0.05) is 48.2 Å². The molecule has 2 aromatic carbocycles. The molecule has 4 heterocycles. The van der Waals surface area contributed by atoms with Crippen molar-refractivity contribution in [1.29, 1.82) is 0 Å². The standard InChI is InChI=1S/C31H28N2O6/c1-18-14-30(38-26(18)34)22-7-3-5-9-24(22)32(28(30)36)16-20-11-12-21(13-20)17-33-25-10-6-4-8-23(25)31(29(33)37)15-19(2)27(35)39-31/h3-10,20-21H,1-2,11-17H2. The molecule has 1 saturated carbocycles. The van der Waals surface area contributed by atoms with Crippen LogP contribution in [0.3, 0.4) is 0 Å². The van der Waals surface area contributed by atoms with E-state index in [1.807, 2.05) is 48.5 Å². The third-order valence-electron chi connectivity index (χ3n) is 9.01. The quantitative estimate of drug-likeness (QED) is 0.445. The van der Waals surface area contributed by atoms with Crippen molar-refractivity contribution >= 4 is 35.1 Å². The molecule has 3 fully saturated rings. The lowest BCUT2D eigenvalue weighted by Crippen LogP contribution is -2.42. The molecule has 39 heavy (non-hydrogen) atoms. The number of hydrogen-bond acceptors (Lipinski definition) is 6. The second-order valence-corrected chi connectivity index (χ2v) is 11.4. The highest BCUT2D eigenvalue weighted by Gasteiger charge is 2.60. The first kappa shape index (κ1) is 23.9. The van der Waals surface area contributed by atoms with Gasteiger partial charge in [0.1, 0.15) is 0 Å². The van der Waals surface area contributed by atoms with Crippen LogP contribution < -0.4 is 9.80 Å². The van der Waals surface area contributed by atoms with Gasteiger partial charge in [-0.2, -0.15) is 0 Å². The minimum absolute atomic E-state index is 0.167. The Hall–Kier alpha value is -4.20. The van der Waals surface area contributed by atoms with E-state index in [9.17, 15) is 19.2 Å². The number of anilines is 2. The predicted octanol–water partition coefficient (Wildman–Crippen LogP) is 3.89. The number of amides is 2. The van der Waals surface area contributed by atoms with Crippen LogP contribution in [0, 0.1) is 11.8 Å². The molecular formula is C31H28N2O6. The number of fused-ring (bicyclic) bond motifs is 4. The maximum atomic E-state index is 13.7. The Balaban J connectivity index is 1.09. The van der Waals surface area contributed by atoms with E-state index in [4.69, 9.17) is 9.47 Å². The molecule has 0 N–H and O–H groups in total. The third-order valence-corrected chi connectivity index (χ3v) is 9.01. The molecule has 4 unspecified atom stereocenters. The summed E-state index contributed by atoms with van der Waals surface area (Å²) in [5.74, 6) is -1.01. The highest BCUT2D eigenvalue weighted by atomic mass is 16.6. The summed E-state index contributed by atoms with van der Waals surface area (Å²) in [7, 11) is 0. The smallest absolute Gasteiger partial charge is 0.335 e. The fourth-order valence-electron chi connectivity index (χ4n) is 7.19. The van der Waals surface area contributed by atoms with E-state index in [0.29, 0.717) is 35.4 Å². The van der Waals surface area contributed by atoms with Gasteiger partial charge in [-0.05, 0) is 43.2 Å². The summed E-state index contributed by atoms with van der Waals surface area (Å²) in [6, 6.07) is 15.0. The molecule has 8 nitrogen and oxygen atoms in total. The van der Waals surface area contributed by atoms with Gasteiger partial charge in [0.2, 0.25) is 11.2 Å². The zero-order valence-electron chi connectivity index (χ0n) is 21.5. The van der Waals surface area contributed by atoms with Crippen LogP contribution in [0.5, 0.6) is 0 Å². The van der Waals surface area contributed by atoms with E-state index in [2.05, 4.69) is 13.2 Å². The highest BCUT2D eigenvalue weighted by Crippen LogP contribution is 2.52. The van der Waals surface area contributed by atoms with Crippen molar-refractivity contribution in [2.75, 3.05) is 22.9 Å². The number of para-hydroxylation sites is 2. The van der Waals surface area contributed by atoms with E-state index < -0.39 is 23.1 Å². The van der Waals surface area contributed by atoms with Gasteiger partial charge < -0.3 is 19.3 Å². The lowest BCUT2D eigenvalue weighted by Gasteiger charge is -2.26. The highest BCUT2D eigenvalue weighted by molar-refractivity contribution is 6.12. The Morgan fingerprint density at radius 1 is 0.692 bits per heavy atom. The summed E-state index contributed by atoms with van der Waals surface area (Å²) in [6.07, 6.45) is 3.01. The number of esters is 2. The SMILES string of the molecule is C=C1CC2(OC1=O)C(=O)N(CC1CCC(CN3C(=O)C4(CC(=C)C(=O)O4)c4ccccc43)C1)c1ccccc12. The number of carbonyl (C=O) groups is 4. The van der Waals surface area contributed by atoms with Gasteiger partial charge in [0.25, 0.3) is 11.8 Å². The molecule has 8 heteroatoms. The summed E-state index contributed by atoms with van der Waals surface area (Å²) >= 11 is 0. The molecule has 198 valence electrons. The summed E-state index contributed by atoms with van der Waals surface area (Å²) < 4.78 is 11.3. The number of nitrogens with zero attached hydrogens (tertiary/aromatic N) is 2. The van der Waals surface area contributed by atoms with Crippen molar-refractivity contribution in [1.82, 2.24) is 0 Å². The first-order valence-electron chi connectivity index (χ1n) is 13.4. The minimum Gasteiger partial charge on any atom is -0.440 e. The van der Waals surface area contributed by atoms with Gasteiger partial charge in [-0.1, -0.05) is 49.6 Å². The zero-order chi connectivity index (χ0) is 27.1. The molecule has 1 aliphatic carbocycles. The number of hydrogen-bond donors (Lipinski definition) is 0. The Labute approximate surface area is 225 Å². The number of carbonyl (C=O) groups excluding carboxylic acids is 4. The van der Waals surface area contributed by atoms with Crippen molar-refractivity contribution in [3.63, 3.8) is 0 Å². The fourth-order valence-corrected chi connectivity index (χ4v) is 7.19. The first-order valence-corrected chi connectivity index (χ1v) is 13.4. The van der Waals surface area contributed by atoms with E-state index in [1.165, 1.54) is 0 Å². The monoisotopic (exact) mass is 524 g/mol. The maximum Gasteiger partial charge on any atom is 0.335 e. The van der Waals surface area contributed by atoms with E-state index in [-0.39, 0.29) is 36.5 Å². The van der Waals surface area contributed by atoms with Crippen LogP contribution in [-0.2, 0) is 39.9 Å². The molecule has 0 radical (unpaired) electrons. The van der Waals surface area contributed by atoms with Crippen molar-refractivity contribution in [3.05, 3.63) is 84.0 Å². The van der Waals surface area contributed by atoms with Crippen molar-refractivity contribution in [2.45, 2.75) is 43.3 Å². The molecule has 7 rings (SSSR count). The zero-order valence-corrected chi connectivity index (χ0v) is 21.5. The second-order valence-electron chi connectivity index (χ2n) is 11.4. The van der Waals surface area contributed by atoms with Gasteiger partial charge in [-0.3, -0.25) is 9.59 Å². The summed E-state index contributed by atoms with van der Waals surface area (Å²) in [4.78, 5) is 55.4. The molecule has 2 saturated heterocycles. The molecular weight excluding hydrogens is 496 g/mol. The molecule has 0 bridgehead atoms.